The Bertz CT molecular complexity index is 532. The van der Waals surface area contributed by atoms with Crippen LogP contribution in [0.5, 0.6) is 0 Å². The van der Waals surface area contributed by atoms with Crippen LogP contribution in [0.25, 0.3) is 0 Å². The van der Waals surface area contributed by atoms with Crippen LogP contribution in [0.15, 0.2) is 29.3 Å². The highest BCUT2D eigenvalue weighted by atomic mass is 15.2. The van der Waals surface area contributed by atoms with Crippen molar-refractivity contribution in [2.75, 3.05) is 39.8 Å². The topological polar surface area (TPSA) is 39.7 Å². The lowest BCUT2D eigenvalue weighted by molar-refractivity contribution is 0.185. The van der Waals surface area contributed by atoms with Gasteiger partial charge in [0.05, 0.1) is 0 Å². The zero-order valence-corrected chi connectivity index (χ0v) is 16.5. The minimum Gasteiger partial charge on any atom is -0.356 e. The molecule has 0 radical (unpaired) electrons. The molecule has 1 aromatic carbocycles. The van der Waals surface area contributed by atoms with E-state index >= 15 is 0 Å². The van der Waals surface area contributed by atoms with Gasteiger partial charge in [0.25, 0.3) is 0 Å². The van der Waals surface area contributed by atoms with E-state index in [1.54, 1.807) is 0 Å². The molecule has 0 bridgehead atoms. The molecule has 0 amide bonds. The van der Waals surface area contributed by atoms with Crippen molar-refractivity contribution in [2.45, 2.75) is 46.0 Å². The van der Waals surface area contributed by atoms with Gasteiger partial charge in [0.1, 0.15) is 0 Å². The fraction of sp³-hybridized carbons (Fsp3) is 0.667. The Morgan fingerprint density at radius 3 is 2.68 bits per heavy atom. The number of hydrogen-bond donors (Lipinski definition) is 2. The second-order valence-electron chi connectivity index (χ2n) is 7.43. The monoisotopic (exact) mass is 344 g/mol. The summed E-state index contributed by atoms with van der Waals surface area (Å²) in [5.41, 5.74) is 2.70. The van der Waals surface area contributed by atoms with Crippen molar-refractivity contribution in [3.8, 4) is 0 Å². The van der Waals surface area contributed by atoms with E-state index in [0.717, 1.165) is 25.0 Å². The van der Waals surface area contributed by atoms with Gasteiger partial charge in [-0.15, -0.1) is 0 Å². The molecule has 140 valence electrons. The Morgan fingerprint density at radius 2 is 2.04 bits per heavy atom. The summed E-state index contributed by atoms with van der Waals surface area (Å²) in [4.78, 5) is 6.97. The fourth-order valence-electron chi connectivity index (χ4n) is 3.54. The third-order valence-electron chi connectivity index (χ3n) is 5.22. The number of aliphatic imine (C=N–C) groups is 1. The largest absolute Gasteiger partial charge is 0.356 e. The smallest absolute Gasteiger partial charge is 0.191 e. The molecule has 4 heteroatoms. The number of piperidine rings is 1. The SMILES string of the molecule is CCCN1CCC(CNC(=NC)NCC(C)c2cccc(C)c2)CC1. The molecule has 0 aromatic heterocycles. The van der Waals surface area contributed by atoms with Crippen LogP contribution >= 0.6 is 0 Å². The number of rotatable bonds is 7. The van der Waals surface area contributed by atoms with Gasteiger partial charge >= 0.3 is 0 Å². The summed E-state index contributed by atoms with van der Waals surface area (Å²) < 4.78 is 0. The van der Waals surface area contributed by atoms with Crippen LogP contribution in [0.1, 0.15) is 50.2 Å². The highest BCUT2D eigenvalue weighted by Crippen LogP contribution is 2.17. The summed E-state index contributed by atoms with van der Waals surface area (Å²) in [7, 11) is 1.86. The summed E-state index contributed by atoms with van der Waals surface area (Å²) in [6.07, 6.45) is 3.85. The Kier molecular flexibility index (Phi) is 8.26. The molecule has 1 aromatic rings. The predicted molar refractivity (Wildman–Crippen MR) is 108 cm³/mol. The number of guanidine groups is 1. The Balaban J connectivity index is 1.70. The lowest BCUT2D eigenvalue weighted by Gasteiger charge is -2.32. The maximum Gasteiger partial charge on any atom is 0.191 e. The quantitative estimate of drug-likeness (QED) is 0.588. The third-order valence-corrected chi connectivity index (χ3v) is 5.22. The first-order valence-electron chi connectivity index (χ1n) is 9.85. The van der Waals surface area contributed by atoms with Crippen molar-refractivity contribution in [3.05, 3.63) is 35.4 Å². The number of hydrogen-bond acceptors (Lipinski definition) is 2. The number of aryl methyl sites for hydroxylation is 1. The predicted octanol–water partition coefficient (Wildman–Crippen LogP) is 3.39. The molecule has 1 unspecified atom stereocenters. The van der Waals surface area contributed by atoms with Crippen LogP contribution in [0, 0.1) is 12.8 Å². The highest BCUT2D eigenvalue weighted by molar-refractivity contribution is 5.79. The minimum atomic E-state index is 0.468. The third kappa shape index (κ3) is 6.69. The molecule has 0 spiro atoms. The normalized spacial score (nSPS) is 18.2. The number of nitrogens with zero attached hydrogens (tertiary/aromatic N) is 2. The maximum absolute atomic E-state index is 4.38. The second kappa shape index (κ2) is 10.4. The van der Waals surface area contributed by atoms with Gasteiger partial charge in [-0.3, -0.25) is 4.99 Å². The molecule has 0 aliphatic carbocycles. The molecule has 1 saturated heterocycles. The minimum absolute atomic E-state index is 0.468. The summed E-state index contributed by atoms with van der Waals surface area (Å²) >= 11 is 0. The molecule has 1 aliphatic heterocycles. The second-order valence-corrected chi connectivity index (χ2v) is 7.43. The van der Waals surface area contributed by atoms with Crippen molar-refractivity contribution < 1.29 is 0 Å². The van der Waals surface area contributed by atoms with E-state index < -0.39 is 0 Å². The molecule has 1 aliphatic rings. The van der Waals surface area contributed by atoms with Crippen molar-refractivity contribution in [2.24, 2.45) is 10.9 Å². The Labute approximate surface area is 154 Å². The lowest BCUT2D eigenvalue weighted by atomic mass is 9.97. The van der Waals surface area contributed by atoms with Crippen molar-refractivity contribution in [3.63, 3.8) is 0 Å². The summed E-state index contributed by atoms with van der Waals surface area (Å²) in [6.45, 7) is 12.3. The van der Waals surface area contributed by atoms with E-state index in [9.17, 15) is 0 Å². The van der Waals surface area contributed by atoms with Crippen molar-refractivity contribution >= 4 is 5.96 Å². The molecular formula is C21H36N4. The van der Waals surface area contributed by atoms with Gasteiger partial charge in [-0.2, -0.15) is 0 Å². The van der Waals surface area contributed by atoms with Gasteiger partial charge in [-0.05, 0) is 63.2 Å². The van der Waals surface area contributed by atoms with E-state index in [-0.39, 0.29) is 0 Å². The van der Waals surface area contributed by atoms with E-state index in [1.165, 1.54) is 50.0 Å². The molecule has 1 heterocycles. The first kappa shape index (κ1) is 19.8. The first-order valence-corrected chi connectivity index (χ1v) is 9.85. The molecule has 0 saturated carbocycles. The van der Waals surface area contributed by atoms with Gasteiger partial charge in [0.15, 0.2) is 5.96 Å². The van der Waals surface area contributed by atoms with Crippen molar-refractivity contribution in [1.82, 2.24) is 15.5 Å². The maximum atomic E-state index is 4.38. The van der Waals surface area contributed by atoms with Crippen LogP contribution in [0.3, 0.4) is 0 Å². The molecule has 4 nitrogen and oxygen atoms in total. The van der Waals surface area contributed by atoms with Gasteiger partial charge < -0.3 is 15.5 Å². The van der Waals surface area contributed by atoms with Crippen LogP contribution in [-0.4, -0.2) is 50.6 Å². The molecule has 2 rings (SSSR count). The average Bonchev–Trinajstić information content (AvgIpc) is 2.63. The van der Waals surface area contributed by atoms with E-state index in [2.05, 4.69) is 65.6 Å². The summed E-state index contributed by atoms with van der Waals surface area (Å²) in [6, 6.07) is 8.77. The van der Waals surface area contributed by atoms with Gasteiger partial charge in [-0.1, -0.05) is 43.7 Å². The zero-order chi connectivity index (χ0) is 18.1. The molecule has 1 atom stereocenters. The standard InChI is InChI=1S/C21H36N4/c1-5-11-25-12-9-19(10-13-25)16-24-21(22-4)23-15-18(3)20-8-6-7-17(2)14-20/h6-8,14,18-19H,5,9-13,15-16H2,1-4H3,(H2,22,23,24). The molecular weight excluding hydrogens is 308 g/mol. The molecule has 2 N–H and O–H groups in total. The zero-order valence-electron chi connectivity index (χ0n) is 16.5. The highest BCUT2D eigenvalue weighted by Gasteiger charge is 2.18. The van der Waals surface area contributed by atoms with E-state index in [0.29, 0.717) is 5.92 Å². The van der Waals surface area contributed by atoms with Gasteiger partial charge in [0, 0.05) is 20.1 Å². The van der Waals surface area contributed by atoms with Crippen LogP contribution in [0.2, 0.25) is 0 Å². The first-order chi connectivity index (χ1) is 12.1. The number of likely N-dealkylation sites (tertiary alicyclic amines) is 1. The average molecular weight is 345 g/mol. The summed E-state index contributed by atoms with van der Waals surface area (Å²) in [5, 5.41) is 7.01. The number of nitrogens with one attached hydrogen (secondary N) is 2. The van der Waals surface area contributed by atoms with Gasteiger partial charge in [-0.25, -0.2) is 0 Å². The van der Waals surface area contributed by atoms with E-state index in [1.807, 2.05) is 7.05 Å². The number of benzene rings is 1. The van der Waals surface area contributed by atoms with Crippen LogP contribution < -0.4 is 10.6 Å². The molecule has 25 heavy (non-hydrogen) atoms. The van der Waals surface area contributed by atoms with E-state index in [4.69, 9.17) is 0 Å². The van der Waals surface area contributed by atoms with Gasteiger partial charge in [0.2, 0.25) is 0 Å². The summed E-state index contributed by atoms with van der Waals surface area (Å²) in [5.74, 6) is 2.16. The van der Waals surface area contributed by atoms with Crippen molar-refractivity contribution in [1.29, 1.82) is 0 Å². The fourth-order valence-corrected chi connectivity index (χ4v) is 3.54. The molecule has 1 fully saturated rings. The van der Waals surface area contributed by atoms with Crippen LogP contribution in [-0.2, 0) is 0 Å². The Morgan fingerprint density at radius 1 is 1.28 bits per heavy atom. The Hall–Kier alpha value is -1.55. The lowest BCUT2D eigenvalue weighted by Crippen LogP contribution is -2.43. The van der Waals surface area contributed by atoms with Crippen LogP contribution in [0.4, 0.5) is 0 Å².